The van der Waals surface area contributed by atoms with Crippen LogP contribution in [0.1, 0.15) is 34.3 Å². The molecule has 0 aliphatic heterocycles. The molecule has 5 heteroatoms. The smallest absolute Gasteiger partial charge is 1.00 e. The van der Waals surface area contributed by atoms with E-state index in [1.807, 2.05) is 0 Å². The number of para-hydroxylation sites is 4. The van der Waals surface area contributed by atoms with E-state index >= 15 is 0 Å². The second-order valence-electron chi connectivity index (χ2n) is 12.2. The van der Waals surface area contributed by atoms with E-state index in [0.29, 0.717) is 0 Å². The molecular weight excluding hydrogens is 695 g/mol. The van der Waals surface area contributed by atoms with E-state index in [0.717, 1.165) is 0 Å². The summed E-state index contributed by atoms with van der Waals surface area (Å²) < 4.78 is 8.50. The molecule has 47 heavy (non-hydrogen) atoms. The molecule has 0 saturated heterocycles. The molecule has 0 N–H and O–H groups in total. The van der Waals surface area contributed by atoms with Crippen molar-refractivity contribution >= 4 is 55.8 Å². The van der Waals surface area contributed by atoms with Crippen LogP contribution in [0.3, 0.4) is 0 Å². The molecule has 0 fully saturated rings. The van der Waals surface area contributed by atoms with E-state index in [4.69, 9.17) is 0 Å². The van der Waals surface area contributed by atoms with Gasteiger partial charge in [0.2, 0.25) is 0 Å². The van der Waals surface area contributed by atoms with E-state index < -0.39 is 23.2 Å². The fourth-order valence-corrected chi connectivity index (χ4v) is 12.0. The summed E-state index contributed by atoms with van der Waals surface area (Å²) in [7, 11) is 0. The van der Waals surface area contributed by atoms with Crippen LogP contribution in [-0.2, 0) is 23.2 Å². The van der Waals surface area contributed by atoms with Crippen molar-refractivity contribution in [2.24, 2.45) is 0 Å². The third kappa shape index (κ3) is 4.48. The maximum atomic E-state index is 2.64. The van der Waals surface area contributed by atoms with Crippen molar-refractivity contribution < 1.29 is 48.0 Å². The second kappa shape index (κ2) is 11.8. The predicted molar refractivity (Wildman–Crippen MR) is 184 cm³/mol. The SMILES string of the molecule is C1=[C]([Zr+2][C]2=Cc3ccccc3C2n2c3ccccc3c3ccccc32)C(n2c3ccccc3c3ccccc32)c2ccccc21.[Cl-].[Cl-]. The molecule has 2 nitrogen and oxygen atoms in total. The number of nitrogens with zero attached hydrogens (tertiary/aromatic N) is 2. The molecule has 224 valence electrons. The first-order valence-corrected chi connectivity index (χ1v) is 18.1. The number of allylic oxidation sites excluding steroid dienone is 2. The molecule has 8 aromatic rings. The quantitative estimate of drug-likeness (QED) is 0.252. The molecule has 0 amide bonds. The first-order chi connectivity index (χ1) is 22.3. The van der Waals surface area contributed by atoms with Gasteiger partial charge in [0.05, 0.1) is 0 Å². The predicted octanol–water partition coefficient (Wildman–Crippen LogP) is 4.58. The van der Waals surface area contributed by atoms with Crippen LogP contribution in [-0.4, -0.2) is 9.13 Å². The Morgan fingerprint density at radius 3 is 1.02 bits per heavy atom. The largest absolute Gasteiger partial charge is 1.00 e. The van der Waals surface area contributed by atoms with Crippen LogP contribution in [0.4, 0.5) is 0 Å². The van der Waals surface area contributed by atoms with Gasteiger partial charge in [0.1, 0.15) is 0 Å². The van der Waals surface area contributed by atoms with Crippen molar-refractivity contribution in [3.63, 3.8) is 0 Å². The van der Waals surface area contributed by atoms with E-state index in [1.165, 1.54) is 65.9 Å². The first kappa shape index (κ1) is 30.2. The van der Waals surface area contributed by atoms with Gasteiger partial charge in [-0.15, -0.1) is 0 Å². The Morgan fingerprint density at radius 2 is 0.660 bits per heavy atom. The number of halogens is 2. The van der Waals surface area contributed by atoms with Gasteiger partial charge in [-0.3, -0.25) is 0 Å². The van der Waals surface area contributed by atoms with E-state index in [1.54, 1.807) is 6.56 Å². The Balaban J connectivity index is 0.00000162. The Morgan fingerprint density at radius 1 is 0.362 bits per heavy atom. The number of aromatic nitrogens is 2. The fraction of sp³-hybridized carbons (Fsp3) is 0.0476. The maximum Gasteiger partial charge on any atom is -1.00 e. The van der Waals surface area contributed by atoms with Crippen molar-refractivity contribution in [3.05, 3.63) is 174 Å². The van der Waals surface area contributed by atoms with Gasteiger partial charge in [-0.1, -0.05) is 0 Å². The molecule has 2 aliphatic rings. The monoisotopic (exact) mass is 720 g/mol. The summed E-state index contributed by atoms with van der Waals surface area (Å²) in [6, 6.07) is 54.4. The molecule has 0 saturated carbocycles. The van der Waals surface area contributed by atoms with Gasteiger partial charge < -0.3 is 24.8 Å². The van der Waals surface area contributed by atoms with Gasteiger partial charge >= 0.3 is 275 Å². The van der Waals surface area contributed by atoms with Crippen molar-refractivity contribution in [3.8, 4) is 0 Å². The van der Waals surface area contributed by atoms with Crippen LogP contribution in [0, 0.1) is 0 Å². The van der Waals surface area contributed by atoms with Crippen LogP contribution in [0.5, 0.6) is 0 Å². The maximum absolute atomic E-state index is 2.64. The molecule has 6 aromatic carbocycles. The zero-order valence-electron chi connectivity index (χ0n) is 25.3. The average molecular weight is 723 g/mol. The van der Waals surface area contributed by atoms with Gasteiger partial charge in [-0.05, 0) is 0 Å². The van der Waals surface area contributed by atoms with Crippen LogP contribution in [0.25, 0.3) is 55.8 Å². The van der Waals surface area contributed by atoms with Crippen LogP contribution in [0.15, 0.2) is 152 Å². The molecule has 10 rings (SSSR count). The first-order valence-electron chi connectivity index (χ1n) is 15.7. The molecule has 2 aromatic heterocycles. The Bertz CT molecular complexity index is 2270. The van der Waals surface area contributed by atoms with Crippen LogP contribution < -0.4 is 24.8 Å². The summed E-state index contributed by atoms with van der Waals surface area (Å²) in [6.07, 6.45) is 5.09. The van der Waals surface area contributed by atoms with Gasteiger partial charge in [0, 0.05) is 0 Å². The molecule has 0 bridgehead atoms. The molecule has 2 aliphatic carbocycles. The number of hydrogen-bond donors (Lipinski definition) is 0. The minimum Gasteiger partial charge on any atom is -1.00 e. The third-order valence-electron chi connectivity index (χ3n) is 9.83. The zero-order chi connectivity index (χ0) is 29.5. The third-order valence-corrected chi connectivity index (χ3v) is 13.3. The van der Waals surface area contributed by atoms with E-state index in [9.17, 15) is 0 Å². The molecule has 2 heterocycles. The average Bonchev–Trinajstić information content (AvgIpc) is 3.82. The van der Waals surface area contributed by atoms with Crippen molar-refractivity contribution in [2.75, 3.05) is 0 Å². The molecule has 0 spiro atoms. The number of hydrogen-bond acceptors (Lipinski definition) is 0. The summed E-state index contributed by atoms with van der Waals surface area (Å²) in [5, 5.41) is 5.33. The second-order valence-corrected chi connectivity index (χ2v) is 15.6. The topological polar surface area (TPSA) is 9.86 Å². The summed E-state index contributed by atoms with van der Waals surface area (Å²) in [5.41, 5.74) is 10.8. The van der Waals surface area contributed by atoms with Gasteiger partial charge in [0.25, 0.3) is 0 Å². The standard InChI is InChI=1S/2C21H14N.2ClH.Zr/c2*1-2-8-16-15(7-1)13-14-21(16)22-19-11-5-3-9-17(19)18-10-4-6-12-20(18)22;;;/h2*1-13,21H;2*1H;/q;;;;+2/p-2. The number of rotatable bonds is 4. The Hall–Kier alpha value is -4.14. The normalized spacial score (nSPS) is 16.3. The summed E-state index contributed by atoms with van der Waals surface area (Å²) >= 11 is -1.29. The van der Waals surface area contributed by atoms with Crippen LogP contribution >= 0.6 is 0 Å². The minimum atomic E-state index is -1.29. The fourth-order valence-electron chi connectivity index (χ4n) is 8.00. The molecule has 0 radical (unpaired) electrons. The Kier molecular flexibility index (Phi) is 7.61. The van der Waals surface area contributed by atoms with Gasteiger partial charge in [0.15, 0.2) is 0 Å². The van der Waals surface area contributed by atoms with Crippen LogP contribution in [0.2, 0.25) is 0 Å². The van der Waals surface area contributed by atoms with Crippen molar-refractivity contribution in [2.45, 2.75) is 12.1 Å². The Labute approximate surface area is 297 Å². The summed E-state index contributed by atoms with van der Waals surface area (Å²) in [6.45, 7) is 0. The van der Waals surface area contributed by atoms with Gasteiger partial charge in [-0.25, -0.2) is 0 Å². The minimum absolute atomic E-state index is 0. The van der Waals surface area contributed by atoms with Crippen molar-refractivity contribution in [1.82, 2.24) is 9.13 Å². The van der Waals surface area contributed by atoms with E-state index in [2.05, 4.69) is 167 Å². The van der Waals surface area contributed by atoms with Gasteiger partial charge in [-0.2, -0.15) is 0 Å². The molecule has 2 unspecified atom stereocenters. The zero-order valence-corrected chi connectivity index (χ0v) is 29.3. The van der Waals surface area contributed by atoms with Crippen molar-refractivity contribution in [1.29, 1.82) is 0 Å². The number of benzene rings is 6. The number of fused-ring (bicyclic) bond motifs is 8. The summed E-state index contributed by atoms with van der Waals surface area (Å²) in [5.74, 6) is 0. The molecule has 2 atom stereocenters. The molecular formula is C42H28Cl2N2Zr. The summed E-state index contributed by atoms with van der Waals surface area (Å²) in [4.78, 5) is 0. The van der Waals surface area contributed by atoms with E-state index in [-0.39, 0.29) is 36.9 Å².